The third kappa shape index (κ3) is 2.18. The molecule has 1 unspecified atom stereocenters. The van der Waals surface area contributed by atoms with E-state index in [2.05, 4.69) is 0 Å². The molecule has 22 heavy (non-hydrogen) atoms. The van der Waals surface area contributed by atoms with E-state index in [-0.39, 0.29) is 29.6 Å². The summed E-state index contributed by atoms with van der Waals surface area (Å²) in [6.45, 7) is 0. The molecule has 0 amide bonds. The van der Waals surface area contributed by atoms with Crippen molar-refractivity contribution in [1.82, 2.24) is 0 Å². The first-order valence-electron chi connectivity index (χ1n) is 6.63. The lowest BCUT2D eigenvalue weighted by Gasteiger charge is -2.25. The zero-order chi connectivity index (χ0) is 15.9. The summed E-state index contributed by atoms with van der Waals surface area (Å²) in [6, 6.07) is 7.73. The van der Waals surface area contributed by atoms with E-state index in [0.29, 0.717) is 11.3 Å². The Hall–Kier alpha value is -2.89. The zero-order valence-corrected chi connectivity index (χ0v) is 11.7. The quantitative estimate of drug-likeness (QED) is 0.447. The van der Waals surface area contributed by atoms with Gasteiger partial charge < -0.3 is 24.8 Å². The monoisotopic (exact) mass is 302 g/mol. The van der Waals surface area contributed by atoms with Crippen LogP contribution in [0.2, 0.25) is 0 Å². The molecule has 1 aliphatic heterocycles. The number of rotatable bonds is 2. The molecule has 0 bridgehead atoms. The van der Waals surface area contributed by atoms with Gasteiger partial charge in [-0.2, -0.15) is 0 Å². The van der Waals surface area contributed by atoms with Gasteiger partial charge in [0.1, 0.15) is 0 Å². The Morgan fingerprint density at radius 3 is 2.59 bits per heavy atom. The van der Waals surface area contributed by atoms with Gasteiger partial charge in [0.2, 0.25) is 5.75 Å². The highest BCUT2D eigenvalue weighted by Crippen LogP contribution is 2.47. The van der Waals surface area contributed by atoms with E-state index in [4.69, 9.17) is 9.47 Å². The lowest BCUT2D eigenvalue weighted by molar-refractivity contribution is -0.135. The Kier molecular flexibility index (Phi) is 3.29. The summed E-state index contributed by atoms with van der Waals surface area (Å²) >= 11 is 0. The predicted octanol–water partition coefficient (Wildman–Crippen LogP) is 2.25. The number of methoxy groups -OCH3 is 1. The van der Waals surface area contributed by atoms with Crippen LogP contribution in [-0.2, 0) is 4.79 Å². The summed E-state index contributed by atoms with van der Waals surface area (Å²) in [5, 5.41) is 29.1. The molecule has 0 spiro atoms. The average molecular weight is 302 g/mol. The van der Waals surface area contributed by atoms with Crippen molar-refractivity contribution in [1.29, 1.82) is 0 Å². The summed E-state index contributed by atoms with van der Waals surface area (Å²) in [6.07, 6.45) is 0.0884. The van der Waals surface area contributed by atoms with Crippen LogP contribution in [-0.4, -0.2) is 28.4 Å². The maximum absolute atomic E-state index is 11.8. The number of ether oxygens (including phenoxy) is 2. The lowest BCUT2D eigenvalue weighted by atomic mass is 9.86. The zero-order valence-electron chi connectivity index (χ0n) is 11.7. The van der Waals surface area contributed by atoms with Crippen molar-refractivity contribution in [3.05, 3.63) is 41.5 Å². The van der Waals surface area contributed by atoms with Crippen molar-refractivity contribution < 1.29 is 29.6 Å². The molecule has 6 heteroatoms. The van der Waals surface area contributed by atoms with Gasteiger partial charge in [-0.25, -0.2) is 0 Å². The number of hydrogen-bond donors (Lipinski definition) is 3. The van der Waals surface area contributed by atoms with Crippen molar-refractivity contribution in [2.45, 2.75) is 12.3 Å². The summed E-state index contributed by atoms with van der Waals surface area (Å²) in [5.74, 6) is -1.42. The molecule has 0 saturated carbocycles. The van der Waals surface area contributed by atoms with Gasteiger partial charge in [0.15, 0.2) is 23.0 Å². The Balaban J connectivity index is 2.13. The highest BCUT2D eigenvalue weighted by molar-refractivity contribution is 5.79. The Morgan fingerprint density at radius 1 is 1.14 bits per heavy atom. The fraction of sp³-hybridized carbons (Fsp3) is 0.188. The molecule has 2 aromatic carbocycles. The molecule has 3 N–H and O–H groups in total. The first-order valence-corrected chi connectivity index (χ1v) is 6.63. The van der Waals surface area contributed by atoms with Crippen LogP contribution in [0.1, 0.15) is 23.5 Å². The van der Waals surface area contributed by atoms with Gasteiger partial charge >= 0.3 is 5.97 Å². The van der Waals surface area contributed by atoms with Crippen LogP contribution in [0.25, 0.3) is 0 Å². The molecule has 0 fully saturated rings. The molecular formula is C16H14O6. The minimum atomic E-state index is -0.509. The summed E-state index contributed by atoms with van der Waals surface area (Å²) in [7, 11) is 1.44. The Bertz CT molecular complexity index is 753. The molecule has 2 aromatic rings. The molecule has 1 atom stereocenters. The van der Waals surface area contributed by atoms with Crippen LogP contribution < -0.4 is 9.47 Å². The topological polar surface area (TPSA) is 96.2 Å². The van der Waals surface area contributed by atoms with E-state index in [1.54, 1.807) is 18.2 Å². The van der Waals surface area contributed by atoms with Crippen LogP contribution in [0.5, 0.6) is 28.7 Å². The fourth-order valence-corrected chi connectivity index (χ4v) is 2.60. The molecule has 1 aliphatic rings. The molecule has 114 valence electrons. The molecule has 6 nitrogen and oxygen atoms in total. The number of hydrogen-bond acceptors (Lipinski definition) is 6. The first kappa shape index (κ1) is 14.1. The smallest absolute Gasteiger partial charge is 0.312 e. The average Bonchev–Trinajstić information content (AvgIpc) is 2.51. The second kappa shape index (κ2) is 5.14. The SMILES string of the molecule is COc1cc(C2CC(=O)Oc3c2ccc(O)c3O)ccc1O. The van der Waals surface area contributed by atoms with Crippen molar-refractivity contribution in [2.75, 3.05) is 7.11 Å². The number of carbonyl (C=O) groups is 1. The van der Waals surface area contributed by atoms with E-state index in [0.717, 1.165) is 5.56 Å². The van der Waals surface area contributed by atoms with Gasteiger partial charge in [0.05, 0.1) is 13.5 Å². The fourth-order valence-electron chi connectivity index (χ4n) is 2.60. The van der Waals surface area contributed by atoms with Crippen molar-refractivity contribution in [2.24, 2.45) is 0 Å². The third-order valence-corrected chi connectivity index (χ3v) is 3.71. The van der Waals surface area contributed by atoms with E-state index in [1.165, 1.54) is 19.2 Å². The molecule has 1 heterocycles. The number of fused-ring (bicyclic) bond motifs is 1. The number of phenolic OH excluding ortho intramolecular Hbond substituents is 3. The summed E-state index contributed by atoms with van der Waals surface area (Å²) in [4.78, 5) is 11.8. The van der Waals surface area contributed by atoms with Crippen LogP contribution in [0, 0.1) is 0 Å². The van der Waals surface area contributed by atoms with E-state index >= 15 is 0 Å². The van der Waals surface area contributed by atoms with Crippen molar-refractivity contribution in [3.8, 4) is 28.7 Å². The van der Waals surface area contributed by atoms with Gasteiger partial charge in [-0.05, 0) is 23.8 Å². The first-order chi connectivity index (χ1) is 10.5. The van der Waals surface area contributed by atoms with Crippen LogP contribution in [0.3, 0.4) is 0 Å². The predicted molar refractivity (Wildman–Crippen MR) is 76.5 cm³/mol. The second-order valence-corrected chi connectivity index (χ2v) is 5.01. The molecular weight excluding hydrogens is 288 g/mol. The number of aromatic hydroxyl groups is 3. The lowest BCUT2D eigenvalue weighted by Crippen LogP contribution is -2.21. The Labute approximate surface area is 126 Å². The minimum absolute atomic E-state index is 0.00147. The number of esters is 1. The minimum Gasteiger partial charge on any atom is -0.504 e. The summed E-state index contributed by atoms with van der Waals surface area (Å²) in [5.41, 5.74) is 1.32. The van der Waals surface area contributed by atoms with Gasteiger partial charge in [0, 0.05) is 11.5 Å². The normalized spacial score (nSPS) is 16.8. The highest BCUT2D eigenvalue weighted by Gasteiger charge is 2.32. The molecule has 3 rings (SSSR count). The molecule has 0 aromatic heterocycles. The standard InChI is InChI=1S/C16H14O6/c1-21-13-6-8(2-4-11(13)17)10-7-14(19)22-16-9(10)3-5-12(18)15(16)20/h2-6,10,17-18,20H,7H2,1H3. The molecule has 0 saturated heterocycles. The number of benzene rings is 2. The number of phenols is 3. The van der Waals surface area contributed by atoms with Gasteiger partial charge in [0.25, 0.3) is 0 Å². The number of carbonyl (C=O) groups excluding carboxylic acids is 1. The van der Waals surface area contributed by atoms with Gasteiger partial charge in [-0.15, -0.1) is 0 Å². The maximum atomic E-state index is 11.8. The van der Waals surface area contributed by atoms with Crippen molar-refractivity contribution in [3.63, 3.8) is 0 Å². The Morgan fingerprint density at radius 2 is 1.86 bits per heavy atom. The highest BCUT2D eigenvalue weighted by atomic mass is 16.5. The maximum Gasteiger partial charge on any atom is 0.312 e. The van der Waals surface area contributed by atoms with Crippen LogP contribution >= 0.6 is 0 Å². The van der Waals surface area contributed by atoms with E-state index in [9.17, 15) is 20.1 Å². The van der Waals surface area contributed by atoms with E-state index in [1.807, 2.05) is 0 Å². The van der Waals surface area contributed by atoms with Gasteiger partial charge in [-0.1, -0.05) is 12.1 Å². The second-order valence-electron chi connectivity index (χ2n) is 5.01. The van der Waals surface area contributed by atoms with Gasteiger partial charge in [-0.3, -0.25) is 4.79 Å². The van der Waals surface area contributed by atoms with E-state index < -0.39 is 11.7 Å². The summed E-state index contributed by atoms with van der Waals surface area (Å²) < 4.78 is 10.1. The molecule has 0 aliphatic carbocycles. The van der Waals surface area contributed by atoms with Crippen LogP contribution in [0.15, 0.2) is 30.3 Å². The largest absolute Gasteiger partial charge is 0.504 e. The van der Waals surface area contributed by atoms with Crippen molar-refractivity contribution >= 4 is 5.97 Å². The van der Waals surface area contributed by atoms with Crippen LogP contribution in [0.4, 0.5) is 0 Å². The third-order valence-electron chi connectivity index (χ3n) is 3.71. The molecule has 0 radical (unpaired) electrons.